The van der Waals surface area contributed by atoms with Crippen molar-refractivity contribution < 1.29 is 9.72 Å². The fourth-order valence-corrected chi connectivity index (χ4v) is 4.66. The van der Waals surface area contributed by atoms with Gasteiger partial charge in [-0.25, -0.2) is 4.98 Å². The van der Waals surface area contributed by atoms with Crippen LogP contribution in [0.25, 0.3) is 16.3 Å². The van der Waals surface area contributed by atoms with E-state index in [1.54, 1.807) is 23.5 Å². The average Bonchev–Trinajstić information content (AvgIpc) is 3.33. The van der Waals surface area contributed by atoms with E-state index in [9.17, 15) is 14.9 Å². The van der Waals surface area contributed by atoms with Crippen molar-refractivity contribution in [2.75, 3.05) is 6.54 Å². The van der Waals surface area contributed by atoms with E-state index in [0.29, 0.717) is 12.1 Å². The van der Waals surface area contributed by atoms with Gasteiger partial charge >= 0.3 is 0 Å². The first-order valence-electron chi connectivity index (χ1n) is 8.81. The minimum Gasteiger partial charge on any atom is -0.330 e. The quantitative estimate of drug-likeness (QED) is 0.333. The molecule has 0 bridgehead atoms. The summed E-state index contributed by atoms with van der Waals surface area (Å²) in [4.78, 5) is 29.7. The monoisotopic (exact) mass is 413 g/mol. The molecule has 4 rings (SSSR count). The van der Waals surface area contributed by atoms with Gasteiger partial charge in [-0.2, -0.15) is 0 Å². The molecule has 1 aromatic heterocycles. The zero-order valence-corrected chi connectivity index (χ0v) is 16.3. The molecular formula is C20H16ClN3O3S. The number of benzene rings is 2. The van der Waals surface area contributed by atoms with Crippen molar-refractivity contribution in [3.8, 4) is 0 Å². The highest BCUT2D eigenvalue weighted by atomic mass is 35.5. The molecule has 6 nitrogen and oxygen atoms in total. The Morgan fingerprint density at radius 3 is 2.93 bits per heavy atom. The molecular weight excluding hydrogens is 398 g/mol. The lowest BCUT2D eigenvalue weighted by atomic mass is 10.2. The summed E-state index contributed by atoms with van der Waals surface area (Å²) in [6.07, 6.45) is 4.84. The van der Waals surface area contributed by atoms with Gasteiger partial charge in [0.1, 0.15) is 10.0 Å². The number of thiazole rings is 1. The molecule has 0 spiro atoms. The van der Waals surface area contributed by atoms with Crippen molar-refractivity contribution in [2.45, 2.75) is 18.9 Å². The average molecular weight is 414 g/mol. The Kier molecular flexibility index (Phi) is 5.11. The van der Waals surface area contributed by atoms with Crippen molar-refractivity contribution in [1.82, 2.24) is 9.88 Å². The molecule has 3 aromatic rings. The molecule has 0 radical (unpaired) electrons. The van der Waals surface area contributed by atoms with Crippen molar-refractivity contribution >= 4 is 50.8 Å². The van der Waals surface area contributed by atoms with Crippen LogP contribution in [0, 0.1) is 10.1 Å². The van der Waals surface area contributed by atoms with Gasteiger partial charge in [-0.15, -0.1) is 11.3 Å². The van der Waals surface area contributed by atoms with Crippen LogP contribution in [0.15, 0.2) is 48.5 Å². The van der Waals surface area contributed by atoms with Gasteiger partial charge < -0.3 is 4.90 Å². The number of nitro groups is 1. The smallest absolute Gasteiger partial charge is 0.288 e. The molecule has 1 aliphatic rings. The lowest BCUT2D eigenvalue weighted by Gasteiger charge is -2.21. The molecule has 1 atom stereocenters. The molecule has 8 heteroatoms. The molecule has 1 saturated heterocycles. The highest BCUT2D eigenvalue weighted by molar-refractivity contribution is 7.18. The summed E-state index contributed by atoms with van der Waals surface area (Å²) in [5, 5.41) is 12.0. The van der Waals surface area contributed by atoms with Gasteiger partial charge in [0.05, 0.1) is 21.2 Å². The van der Waals surface area contributed by atoms with Crippen LogP contribution in [0.3, 0.4) is 0 Å². The molecule has 1 amide bonds. The zero-order chi connectivity index (χ0) is 19.7. The van der Waals surface area contributed by atoms with E-state index in [0.717, 1.165) is 28.1 Å². The number of nitrogens with zero attached hydrogens (tertiary/aromatic N) is 3. The summed E-state index contributed by atoms with van der Waals surface area (Å²) in [6.45, 7) is 0.671. The minimum absolute atomic E-state index is 0.0332. The van der Waals surface area contributed by atoms with Crippen molar-refractivity contribution in [1.29, 1.82) is 0 Å². The van der Waals surface area contributed by atoms with Gasteiger partial charge in [0.15, 0.2) is 0 Å². The second-order valence-electron chi connectivity index (χ2n) is 6.51. The molecule has 28 heavy (non-hydrogen) atoms. The molecule has 0 saturated carbocycles. The predicted molar refractivity (Wildman–Crippen MR) is 110 cm³/mol. The van der Waals surface area contributed by atoms with Crippen LogP contribution in [0.1, 0.15) is 29.5 Å². The highest BCUT2D eigenvalue weighted by Crippen LogP contribution is 2.36. The van der Waals surface area contributed by atoms with E-state index in [-0.39, 0.29) is 22.7 Å². The molecule has 2 heterocycles. The number of halogens is 1. The number of nitro benzene ring substituents is 1. The third-order valence-electron chi connectivity index (χ3n) is 4.72. The zero-order valence-electron chi connectivity index (χ0n) is 14.7. The predicted octanol–water partition coefficient (Wildman–Crippen LogP) is 5.23. The Balaban J connectivity index is 1.54. The summed E-state index contributed by atoms with van der Waals surface area (Å²) in [5.74, 6) is -0.126. The Hall–Kier alpha value is -2.77. The van der Waals surface area contributed by atoms with Crippen LogP contribution in [0.4, 0.5) is 5.69 Å². The van der Waals surface area contributed by atoms with Crippen molar-refractivity contribution in [3.63, 3.8) is 0 Å². The summed E-state index contributed by atoms with van der Waals surface area (Å²) >= 11 is 7.45. The second kappa shape index (κ2) is 7.69. The maximum absolute atomic E-state index is 12.8. The van der Waals surface area contributed by atoms with Gasteiger partial charge in [0, 0.05) is 18.7 Å². The lowest BCUT2D eigenvalue weighted by molar-refractivity contribution is -0.384. The standard InChI is InChI=1S/C20H16ClN3O3S/c21-14-9-7-13(12-17(14)24(26)27)8-10-19(25)23-11-3-5-16(23)20-22-15-4-1-2-6-18(15)28-20/h1-2,4,6-10,12,16H,3,5,11H2/b10-8+. The number of carbonyl (C=O) groups is 1. The first-order valence-corrected chi connectivity index (χ1v) is 10.0. The first kappa shape index (κ1) is 18.6. The molecule has 1 fully saturated rings. The second-order valence-corrected chi connectivity index (χ2v) is 7.98. The van der Waals surface area contributed by atoms with E-state index in [1.807, 2.05) is 29.2 Å². The van der Waals surface area contributed by atoms with Crippen LogP contribution in [0.5, 0.6) is 0 Å². The fourth-order valence-electron chi connectivity index (χ4n) is 3.36. The minimum atomic E-state index is -0.537. The largest absolute Gasteiger partial charge is 0.330 e. The first-order chi connectivity index (χ1) is 13.5. The van der Waals surface area contributed by atoms with Gasteiger partial charge in [0.25, 0.3) is 5.69 Å². The number of para-hydroxylation sites is 1. The number of hydrogen-bond acceptors (Lipinski definition) is 5. The summed E-state index contributed by atoms with van der Waals surface area (Å²) in [7, 11) is 0. The van der Waals surface area contributed by atoms with Gasteiger partial charge in [-0.1, -0.05) is 29.8 Å². The fraction of sp³-hybridized carbons (Fsp3) is 0.200. The van der Waals surface area contributed by atoms with Crippen LogP contribution < -0.4 is 0 Å². The number of likely N-dealkylation sites (tertiary alicyclic amines) is 1. The van der Waals surface area contributed by atoms with E-state index in [4.69, 9.17) is 16.6 Å². The Labute approximate surface area is 170 Å². The normalized spacial score (nSPS) is 16.9. The molecule has 2 aromatic carbocycles. The molecule has 1 unspecified atom stereocenters. The van der Waals surface area contributed by atoms with Gasteiger partial charge in [0.2, 0.25) is 5.91 Å². The Morgan fingerprint density at radius 2 is 2.14 bits per heavy atom. The van der Waals surface area contributed by atoms with Crippen molar-refractivity contribution in [2.24, 2.45) is 0 Å². The van der Waals surface area contributed by atoms with Crippen molar-refractivity contribution in [3.05, 3.63) is 74.2 Å². The highest BCUT2D eigenvalue weighted by Gasteiger charge is 2.31. The third kappa shape index (κ3) is 3.63. The third-order valence-corrected chi connectivity index (χ3v) is 6.17. The lowest BCUT2D eigenvalue weighted by Crippen LogP contribution is -2.28. The number of fused-ring (bicyclic) bond motifs is 1. The maximum Gasteiger partial charge on any atom is 0.288 e. The van der Waals surface area contributed by atoms with Crippen LogP contribution in [-0.2, 0) is 4.79 Å². The van der Waals surface area contributed by atoms with E-state index < -0.39 is 4.92 Å². The summed E-state index contributed by atoms with van der Waals surface area (Å²) in [6, 6.07) is 12.4. The Bertz CT molecular complexity index is 1060. The van der Waals surface area contributed by atoms with Gasteiger partial charge in [-0.3, -0.25) is 14.9 Å². The van der Waals surface area contributed by atoms with Crippen LogP contribution in [0.2, 0.25) is 5.02 Å². The molecule has 1 aliphatic heterocycles. The SMILES string of the molecule is O=C(/C=C/c1ccc(Cl)c([N+](=O)[O-])c1)N1CCCC1c1nc2ccccc2s1. The summed E-state index contributed by atoms with van der Waals surface area (Å²) in [5.41, 5.74) is 1.33. The van der Waals surface area contributed by atoms with Gasteiger partial charge in [-0.05, 0) is 42.7 Å². The number of hydrogen-bond donors (Lipinski definition) is 0. The maximum atomic E-state index is 12.8. The molecule has 0 N–H and O–H groups in total. The topological polar surface area (TPSA) is 76.3 Å². The molecule has 0 aliphatic carbocycles. The number of amides is 1. The number of aromatic nitrogens is 1. The van der Waals surface area contributed by atoms with Crippen LogP contribution in [-0.4, -0.2) is 27.3 Å². The van der Waals surface area contributed by atoms with E-state index >= 15 is 0 Å². The summed E-state index contributed by atoms with van der Waals surface area (Å²) < 4.78 is 1.11. The van der Waals surface area contributed by atoms with E-state index in [1.165, 1.54) is 18.2 Å². The Morgan fingerprint density at radius 1 is 1.32 bits per heavy atom. The number of rotatable bonds is 4. The number of carbonyl (C=O) groups excluding carboxylic acids is 1. The molecule has 142 valence electrons. The van der Waals surface area contributed by atoms with Crippen LogP contribution >= 0.6 is 22.9 Å². The van der Waals surface area contributed by atoms with E-state index in [2.05, 4.69) is 0 Å².